The van der Waals surface area contributed by atoms with E-state index in [9.17, 15) is 9.59 Å². The van der Waals surface area contributed by atoms with Crippen LogP contribution in [0.25, 0.3) is 0 Å². The van der Waals surface area contributed by atoms with Gasteiger partial charge in [0, 0.05) is 10.9 Å². The molecule has 4 nitrogen and oxygen atoms in total. The van der Waals surface area contributed by atoms with E-state index in [4.69, 9.17) is 16.7 Å². The molecule has 0 aromatic heterocycles. The van der Waals surface area contributed by atoms with Crippen LogP contribution in [0.2, 0.25) is 5.02 Å². The number of benzene rings is 1. The van der Waals surface area contributed by atoms with Gasteiger partial charge in [0.05, 0.1) is 12.5 Å². The molecule has 0 bridgehead atoms. The predicted octanol–water partition coefficient (Wildman–Crippen LogP) is 2.63. The Hall–Kier alpha value is -1.55. The normalized spacial score (nSPS) is 22.6. The molecule has 1 fully saturated rings. The van der Waals surface area contributed by atoms with Gasteiger partial charge >= 0.3 is 5.97 Å². The fourth-order valence-electron chi connectivity index (χ4n) is 2.09. The summed E-state index contributed by atoms with van der Waals surface area (Å²) in [4.78, 5) is 22.8. The van der Waals surface area contributed by atoms with Crippen molar-refractivity contribution in [2.24, 2.45) is 11.8 Å². The second-order valence-corrected chi connectivity index (χ2v) is 5.47. The fraction of sp³-hybridized carbons (Fsp3) is 0.429. The van der Waals surface area contributed by atoms with Crippen LogP contribution in [-0.2, 0) is 9.59 Å². The Morgan fingerprint density at radius 1 is 1.42 bits per heavy atom. The summed E-state index contributed by atoms with van der Waals surface area (Å²) in [6.07, 6.45) is 0.751. The molecule has 1 aromatic carbocycles. The highest BCUT2D eigenvalue weighted by molar-refractivity contribution is 6.30. The first kappa shape index (κ1) is 13.9. The van der Waals surface area contributed by atoms with Gasteiger partial charge in [-0.15, -0.1) is 0 Å². The van der Waals surface area contributed by atoms with E-state index in [1.165, 1.54) is 0 Å². The molecule has 102 valence electrons. The molecule has 3 atom stereocenters. The third-order valence-corrected chi connectivity index (χ3v) is 3.67. The average molecular weight is 282 g/mol. The number of aliphatic carboxylic acids is 1. The van der Waals surface area contributed by atoms with Crippen LogP contribution in [0.4, 0.5) is 0 Å². The number of carboxylic acid groups (broad SMARTS) is 1. The van der Waals surface area contributed by atoms with Gasteiger partial charge in [-0.2, -0.15) is 0 Å². The largest absolute Gasteiger partial charge is 0.481 e. The zero-order chi connectivity index (χ0) is 14.0. The summed E-state index contributed by atoms with van der Waals surface area (Å²) in [7, 11) is 0. The highest BCUT2D eigenvalue weighted by atomic mass is 35.5. The van der Waals surface area contributed by atoms with Crippen molar-refractivity contribution < 1.29 is 14.7 Å². The SMILES string of the molecule is C[C@@H]1C[C@@H]1C(=O)N[C@@H](CC(=O)O)c1ccc(Cl)cc1. The molecule has 1 aliphatic carbocycles. The second kappa shape index (κ2) is 5.61. The number of amides is 1. The number of halogens is 1. The van der Waals surface area contributed by atoms with Gasteiger partial charge < -0.3 is 10.4 Å². The Kier molecular flexibility index (Phi) is 4.10. The number of carbonyl (C=O) groups is 2. The second-order valence-electron chi connectivity index (χ2n) is 5.03. The number of carbonyl (C=O) groups excluding carboxylic acids is 1. The van der Waals surface area contributed by atoms with Gasteiger partial charge in [0.25, 0.3) is 0 Å². The van der Waals surface area contributed by atoms with Gasteiger partial charge in [-0.3, -0.25) is 9.59 Å². The van der Waals surface area contributed by atoms with Gasteiger partial charge in [0.15, 0.2) is 0 Å². The summed E-state index contributed by atoms with van der Waals surface area (Å²) >= 11 is 5.80. The molecule has 1 saturated carbocycles. The molecule has 19 heavy (non-hydrogen) atoms. The fourth-order valence-corrected chi connectivity index (χ4v) is 2.21. The molecule has 0 saturated heterocycles. The third-order valence-electron chi connectivity index (χ3n) is 3.41. The quantitative estimate of drug-likeness (QED) is 0.872. The molecular formula is C14H16ClNO3. The number of nitrogens with one attached hydrogen (secondary N) is 1. The topological polar surface area (TPSA) is 66.4 Å². The van der Waals surface area contributed by atoms with Crippen molar-refractivity contribution in [3.63, 3.8) is 0 Å². The Labute approximate surface area is 116 Å². The molecule has 2 N–H and O–H groups in total. The van der Waals surface area contributed by atoms with E-state index in [1.807, 2.05) is 6.92 Å². The van der Waals surface area contributed by atoms with Crippen LogP contribution < -0.4 is 5.32 Å². The van der Waals surface area contributed by atoms with E-state index in [0.717, 1.165) is 12.0 Å². The van der Waals surface area contributed by atoms with Crippen molar-refractivity contribution in [3.05, 3.63) is 34.9 Å². The number of carboxylic acids is 1. The molecule has 0 heterocycles. The minimum atomic E-state index is -0.941. The molecule has 1 amide bonds. The summed E-state index contributed by atoms with van der Waals surface area (Å²) in [5.74, 6) is -0.572. The minimum absolute atomic E-state index is 0.0311. The maximum atomic E-state index is 11.9. The van der Waals surface area contributed by atoms with E-state index < -0.39 is 12.0 Å². The molecule has 0 unspecified atom stereocenters. The number of hydrogen-bond acceptors (Lipinski definition) is 2. The van der Waals surface area contributed by atoms with Gasteiger partial charge in [0.1, 0.15) is 0 Å². The van der Waals surface area contributed by atoms with Crippen LogP contribution >= 0.6 is 11.6 Å². The van der Waals surface area contributed by atoms with E-state index in [1.54, 1.807) is 24.3 Å². The average Bonchev–Trinajstić information content (AvgIpc) is 3.06. The third kappa shape index (κ3) is 3.70. The van der Waals surface area contributed by atoms with Gasteiger partial charge in [-0.05, 0) is 30.0 Å². The van der Waals surface area contributed by atoms with Crippen LogP contribution in [0, 0.1) is 11.8 Å². The van der Waals surface area contributed by atoms with E-state index >= 15 is 0 Å². The Morgan fingerprint density at radius 2 is 2.00 bits per heavy atom. The van der Waals surface area contributed by atoms with Crippen LogP contribution in [0.5, 0.6) is 0 Å². The van der Waals surface area contributed by atoms with Crippen LogP contribution in [0.15, 0.2) is 24.3 Å². The van der Waals surface area contributed by atoms with Crippen molar-refractivity contribution in [2.75, 3.05) is 0 Å². The monoisotopic (exact) mass is 281 g/mol. The van der Waals surface area contributed by atoms with Crippen molar-refractivity contribution in [1.82, 2.24) is 5.32 Å². The van der Waals surface area contributed by atoms with E-state index in [0.29, 0.717) is 10.9 Å². The minimum Gasteiger partial charge on any atom is -0.481 e. The van der Waals surface area contributed by atoms with Gasteiger partial charge in [-0.1, -0.05) is 30.7 Å². The summed E-state index contributed by atoms with van der Waals surface area (Å²) in [5, 5.41) is 12.3. The van der Waals surface area contributed by atoms with Crippen LogP contribution in [0.1, 0.15) is 31.4 Å². The lowest BCUT2D eigenvalue weighted by Crippen LogP contribution is -2.31. The highest BCUT2D eigenvalue weighted by Crippen LogP contribution is 2.38. The molecule has 0 aliphatic heterocycles. The maximum absolute atomic E-state index is 11.9. The first-order chi connectivity index (χ1) is 8.97. The van der Waals surface area contributed by atoms with Gasteiger partial charge in [0.2, 0.25) is 5.91 Å². The summed E-state index contributed by atoms with van der Waals surface area (Å²) in [6.45, 7) is 2.01. The summed E-state index contributed by atoms with van der Waals surface area (Å²) < 4.78 is 0. The molecule has 0 spiro atoms. The van der Waals surface area contributed by atoms with Crippen molar-refractivity contribution in [1.29, 1.82) is 0 Å². The van der Waals surface area contributed by atoms with Crippen LogP contribution in [0.3, 0.4) is 0 Å². The highest BCUT2D eigenvalue weighted by Gasteiger charge is 2.39. The van der Waals surface area contributed by atoms with E-state index in [-0.39, 0.29) is 18.2 Å². The maximum Gasteiger partial charge on any atom is 0.305 e. The summed E-state index contributed by atoms with van der Waals surface area (Å²) in [6, 6.07) is 6.36. The predicted molar refractivity (Wildman–Crippen MR) is 71.9 cm³/mol. The molecular weight excluding hydrogens is 266 g/mol. The van der Waals surface area contributed by atoms with Gasteiger partial charge in [-0.25, -0.2) is 0 Å². The molecule has 1 aliphatic rings. The van der Waals surface area contributed by atoms with Crippen LogP contribution in [-0.4, -0.2) is 17.0 Å². The Bertz CT molecular complexity index is 486. The zero-order valence-corrected chi connectivity index (χ0v) is 11.4. The van der Waals surface area contributed by atoms with E-state index in [2.05, 4.69) is 5.32 Å². The molecule has 5 heteroatoms. The van der Waals surface area contributed by atoms with Crippen molar-refractivity contribution in [2.45, 2.75) is 25.8 Å². The number of rotatable bonds is 5. The first-order valence-corrected chi connectivity index (χ1v) is 6.63. The molecule has 1 aromatic rings. The molecule has 2 rings (SSSR count). The van der Waals surface area contributed by atoms with Crippen molar-refractivity contribution >= 4 is 23.5 Å². The Balaban J connectivity index is 2.09. The smallest absolute Gasteiger partial charge is 0.305 e. The lowest BCUT2D eigenvalue weighted by Gasteiger charge is -2.17. The number of hydrogen-bond donors (Lipinski definition) is 2. The lowest BCUT2D eigenvalue weighted by molar-refractivity contribution is -0.137. The first-order valence-electron chi connectivity index (χ1n) is 6.25. The Morgan fingerprint density at radius 3 is 2.47 bits per heavy atom. The zero-order valence-electron chi connectivity index (χ0n) is 10.6. The molecule has 0 radical (unpaired) electrons. The van der Waals surface area contributed by atoms with Crippen molar-refractivity contribution in [3.8, 4) is 0 Å². The standard InChI is InChI=1S/C14H16ClNO3/c1-8-6-11(8)14(19)16-12(7-13(17)18)9-2-4-10(15)5-3-9/h2-5,8,11-12H,6-7H2,1H3,(H,16,19)(H,17,18)/t8-,11+,12+/m1/s1. The summed E-state index contributed by atoms with van der Waals surface area (Å²) in [5.41, 5.74) is 0.758. The lowest BCUT2D eigenvalue weighted by atomic mass is 10.0.